The number of fused-ring (bicyclic) bond motifs is 1. The Hall–Kier alpha value is -3.43. The van der Waals surface area contributed by atoms with E-state index in [1.807, 2.05) is 27.7 Å². The molecule has 3 heterocycles. The highest BCUT2D eigenvalue weighted by atomic mass is 16.3. The van der Waals surface area contributed by atoms with Gasteiger partial charge in [-0.2, -0.15) is 4.52 Å². The number of carbonyl (C=O) groups is 1. The molecule has 1 saturated carbocycles. The molecular weight excluding hydrogens is 386 g/mol. The number of rotatable bonds is 5. The van der Waals surface area contributed by atoms with E-state index in [9.17, 15) is 14.7 Å². The summed E-state index contributed by atoms with van der Waals surface area (Å²) in [6.07, 6.45) is 4.82. The standard InChI is InChI=1S/C20H25N7O3/c1-11-8-21-10-22-16(11)24-13-7-14-26(9-20(2,3)4)18(29)15(19(30)27(14)25-13)17(28)23-12-5-6-12/h7-8,10,12,29H,5-6,9H2,1-4H3,(H,23,28)(H,21,22,24,25). The van der Waals surface area contributed by atoms with Gasteiger partial charge in [0.2, 0.25) is 5.88 Å². The van der Waals surface area contributed by atoms with Crippen LogP contribution in [0.25, 0.3) is 5.65 Å². The number of aromatic hydroxyl groups is 1. The fourth-order valence-corrected chi connectivity index (χ4v) is 3.18. The van der Waals surface area contributed by atoms with Crippen molar-refractivity contribution >= 4 is 23.2 Å². The van der Waals surface area contributed by atoms with E-state index in [1.54, 1.807) is 16.8 Å². The average molecular weight is 411 g/mol. The van der Waals surface area contributed by atoms with Crippen LogP contribution in [0.15, 0.2) is 23.4 Å². The summed E-state index contributed by atoms with van der Waals surface area (Å²) in [7, 11) is 0. The Morgan fingerprint density at radius 1 is 1.33 bits per heavy atom. The van der Waals surface area contributed by atoms with Gasteiger partial charge in [-0.05, 0) is 25.2 Å². The van der Waals surface area contributed by atoms with E-state index >= 15 is 0 Å². The maximum atomic E-state index is 13.1. The summed E-state index contributed by atoms with van der Waals surface area (Å²) in [6, 6.07) is 1.70. The third-order valence-electron chi connectivity index (χ3n) is 4.77. The SMILES string of the molecule is Cc1cncnc1Nc1cc2n(CC(C)(C)C)c(O)c(C(=O)NC3CC3)c(=O)n2n1. The van der Waals surface area contributed by atoms with Gasteiger partial charge in [-0.1, -0.05) is 20.8 Å². The largest absolute Gasteiger partial charge is 0.494 e. The summed E-state index contributed by atoms with van der Waals surface area (Å²) in [4.78, 5) is 33.9. The van der Waals surface area contributed by atoms with E-state index in [0.29, 0.717) is 23.8 Å². The van der Waals surface area contributed by atoms with Crippen LogP contribution in [-0.4, -0.2) is 41.2 Å². The predicted octanol–water partition coefficient (Wildman–Crippen LogP) is 1.98. The van der Waals surface area contributed by atoms with E-state index in [2.05, 4.69) is 25.7 Å². The number of hydrogen-bond acceptors (Lipinski definition) is 7. The average Bonchev–Trinajstić information content (AvgIpc) is 3.36. The molecule has 3 N–H and O–H groups in total. The molecule has 0 aromatic carbocycles. The number of hydrogen-bond donors (Lipinski definition) is 3. The first-order valence-electron chi connectivity index (χ1n) is 9.84. The van der Waals surface area contributed by atoms with Crippen LogP contribution >= 0.6 is 0 Å². The summed E-state index contributed by atoms with van der Waals surface area (Å²) >= 11 is 0. The van der Waals surface area contributed by atoms with Crippen LogP contribution in [0.3, 0.4) is 0 Å². The quantitative estimate of drug-likeness (QED) is 0.586. The molecule has 0 unspecified atom stereocenters. The van der Waals surface area contributed by atoms with Crippen LogP contribution in [0.5, 0.6) is 5.88 Å². The zero-order valence-corrected chi connectivity index (χ0v) is 17.4. The molecule has 1 aliphatic rings. The van der Waals surface area contributed by atoms with Crippen molar-refractivity contribution in [2.45, 2.75) is 53.1 Å². The summed E-state index contributed by atoms with van der Waals surface area (Å²) < 4.78 is 2.69. The Morgan fingerprint density at radius 3 is 2.70 bits per heavy atom. The first-order valence-corrected chi connectivity index (χ1v) is 9.84. The van der Waals surface area contributed by atoms with Crippen LogP contribution in [0.2, 0.25) is 0 Å². The Kier molecular flexibility index (Phi) is 4.71. The van der Waals surface area contributed by atoms with Crippen LogP contribution in [-0.2, 0) is 6.54 Å². The maximum Gasteiger partial charge on any atom is 0.291 e. The number of nitrogens with zero attached hydrogens (tertiary/aromatic N) is 5. The third-order valence-corrected chi connectivity index (χ3v) is 4.77. The normalized spacial score (nSPS) is 14.1. The topological polar surface area (TPSA) is 126 Å². The van der Waals surface area contributed by atoms with Gasteiger partial charge in [-0.3, -0.25) is 14.2 Å². The zero-order valence-electron chi connectivity index (χ0n) is 17.4. The molecule has 1 fully saturated rings. The molecule has 1 aliphatic carbocycles. The fraction of sp³-hybridized carbons (Fsp3) is 0.450. The van der Waals surface area contributed by atoms with Crippen LogP contribution in [0, 0.1) is 12.3 Å². The Labute approximate surface area is 173 Å². The minimum atomic E-state index is -0.668. The maximum absolute atomic E-state index is 13.1. The van der Waals surface area contributed by atoms with Crippen LogP contribution in [0.4, 0.5) is 11.6 Å². The summed E-state index contributed by atoms with van der Waals surface area (Å²) in [6.45, 7) is 8.24. The molecule has 3 aromatic heterocycles. The first kappa shape index (κ1) is 19.9. The van der Waals surface area contributed by atoms with Gasteiger partial charge in [0.05, 0.1) is 0 Å². The Bertz CT molecular complexity index is 1190. The van der Waals surface area contributed by atoms with Crippen LogP contribution < -0.4 is 16.2 Å². The second kappa shape index (κ2) is 7.12. The lowest BCUT2D eigenvalue weighted by Crippen LogP contribution is -2.35. The molecular formula is C20H25N7O3. The monoisotopic (exact) mass is 411 g/mol. The van der Waals surface area contributed by atoms with Gasteiger partial charge >= 0.3 is 0 Å². The van der Waals surface area contributed by atoms with Crippen molar-refractivity contribution in [1.82, 2.24) is 29.5 Å². The molecule has 0 spiro atoms. The second-order valence-electron chi connectivity index (χ2n) is 8.88. The number of anilines is 2. The van der Waals surface area contributed by atoms with Crippen molar-refractivity contribution in [3.8, 4) is 5.88 Å². The third kappa shape index (κ3) is 3.85. The Morgan fingerprint density at radius 2 is 2.07 bits per heavy atom. The smallest absolute Gasteiger partial charge is 0.291 e. The number of nitrogens with one attached hydrogen (secondary N) is 2. The molecule has 10 nitrogen and oxygen atoms in total. The van der Waals surface area contributed by atoms with Crippen molar-refractivity contribution in [1.29, 1.82) is 0 Å². The van der Waals surface area contributed by atoms with Gasteiger partial charge in [0.15, 0.2) is 11.4 Å². The molecule has 0 saturated heterocycles. The van der Waals surface area contributed by atoms with Crippen LogP contribution in [0.1, 0.15) is 49.5 Å². The molecule has 30 heavy (non-hydrogen) atoms. The second-order valence-corrected chi connectivity index (χ2v) is 8.88. The van der Waals surface area contributed by atoms with E-state index in [4.69, 9.17) is 0 Å². The Balaban J connectivity index is 1.86. The summed E-state index contributed by atoms with van der Waals surface area (Å²) in [5.41, 5.74) is -0.000485. The molecule has 3 aromatic rings. The van der Waals surface area contributed by atoms with Gasteiger partial charge < -0.3 is 15.7 Å². The highest BCUT2D eigenvalue weighted by molar-refractivity contribution is 5.96. The van der Waals surface area contributed by atoms with Gasteiger partial charge in [0, 0.05) is 30.4 Å². The summed E-state index contributed by atoms with van der Waals surface area (Å²) in [5.74, 6) is -0.0127. The lowest BCUT2D eigenvalue weighted by Gasteiger charge is -2.23. The molecule has 0 bridgehead atoms. The predicted molar refractivity (Wildman–Crippen MR) is 111 cm³/mol. The van der Waals surface area contributed by atoms with E-state index in [0.717, 1.165) is 22.9 Å². The number of carbonyl (C=O) groups excluding carboxylic acids is 1. The number of amides is 1. The minimum Gasteiger partial charge on any atom is -0.494 e. The molecule has 0 atom stereocenters. The van der Waals surface area contributed by atoms with E-state index < -0.39 is 11.5 Å². The lowest BCUT2D eigenvalue weighted by molar-refractivity contribution is 0.0944. The van der Waals surface area contributed by atoms with Crippen molar-refractivity contribution in [3.05, 3.63) is 40.1 Å². The zero-order chi connectivity index (χ0) is 21.6. The van der Waals surface area contributed by atoms with Crippen molar-refractivity contribution in [2.24, 2.45) is 5.41 Å². The van der Waals surface area contributed by atoms with E-state index in [1.165, 1.54) is 6.33 Å². The highest BCUT2D eigenvalue weighted by Crippen LogP contribution is 2.27. The minimum absolute atomic E-state index is 0.0543. The van der Waals surface area contributed by atoms with Gasteiger partial charge in [-0.25, -0.2) is 9.97 Å². The molecule has 10 heteroatoms. The van der Waals surface area contributed by atoms with Gasteiger partial charge in [0.25, 0.3) is 11.5 Å². The van der Waals surface area contributed by atoms with Gasteiger partial charge in [0.1, 0.15) is 17.8 Å². The number of aryl methyl sites for hydroxylation is 1. The fourth-order valence-electron chi connectivity index (χ4n) is 3.18. The molecule has 0 radical (unpaired) electrons. The molecule has 4 rings (SSSR count). The lowest BCUT2D eigenvalue weighted by atomic mass is 9.96. The van der Waals surface area contributed by atoms with Gasteiger partial charge in [-0.15, -0.1) is 5.10 Å². The first-order chi connectivity index (χ1) is 14.1. The van der Waals surface area contributed by atoms with Crippen molar-refractivity contribution in [2.75, 3.05) is 5.32 Å². The molecule has 1 amide bonds. The molecule has 158 valence electrons. The highest BCUT2D eigenvalue weighted by Gasteiger charge is 2.30. The van der Waals surface area contributed by atoms with Crippen molar-refractivity contribution in [3.63, 3.8) is 0 Å². The van der Waals surface area contributed by atoms with Crippen molar-refractivity contribution < 1.29 is 9.90 Å². The summed E-state index contributed by atoms with van der Waals surface area (Å²) in [5, 5.41) is 21.1. The number of aromatic nitrogens is 5. The molecule has 0 aliphatic heterocycles. The van der Waals surface area contributed by atoms with E-state index in [-0.39, 0.29) is 22.9 Å².